The average Bonchev–Trinajstić information content (AvgIpc) is 2.10. The van der Waals surface area contributed by atoms with Crippen LogP contribution in [-0.2, 0) is 4.79 Å². The summed E-state index contributed by atoms with van der Waals surface area (Å²) in [6.45, 7) is 4.52. The molecule has 0 rings (SSSR count). The van der Waals surface area contributed by atoms with Gasteiger partial charge in [0.05, 0.1) is 0 Å². The van der Waals surface area contributed by atoms with Gasteiger partial charge in [0.15, 0.2) is 0 Å². The first-order valence-electron chi connectivity index (χ1n) is 4.88. The minimum absolute atomic E-state index is 0.130. The van der Waals surface area contributed by atoms with Crippen LogP contribution in [0.3, 0.4) is 0 Å². The summed E-state index contributed by atoms with van der Waals surface area (Å²) < 4.78 is 0. The van der Waals surface area contributed by atoms with E-state index in [4.69, 9.17) is 11.5 Å². The number of rotatable bonds is 7. The Kier molecular flexibility index (Phi) is 7.63. The summed E-state index contributed by atoms with van der Waals surface area (Å²) >= 11 is 0. The average molecular weight is 187 g/mol. The van der Waals surface area contributed by atoms with Crippen LogP contribution in [-0.4, -0.2) is 37.0 Å². The van der Waals surface area contributed by atoms with Crippen molar-refractivity contribution in [3.8, 4) is 0 Å². The number of nitrogens with two attached hydrogens (primary N) is 2. The smallest absolute Gasteiger partial charge is 0.219 e. The van der Waals surface area contributed by atoms with E-state index in [-0.39, 0.29) is 5.91 Å². The quantitative estimate of drug-likeness (QED) is 0.548. The van der Waals surface area contributed by atoms with Crippen LogP contribution in [0.2, 0.25) is 0 Å². The molecule has 0 bridgehead atoms. The Balaban J connectivity index is 3.61. The summed E-state index contributed by atoms with van der Waals surface area (Å²) in [5, 5.41) is 0. The van der Waals surface area contributed by atoms with E-state index in [0.29, 0.717) is 13.1 Å². The molecule has 0 aromatic rings. The molecule has 0 saturated heterocycles. The van der Waals surface area contributed by atoms with E-state index in [1.165, 1.54) is 0 Å². The number of hydrogen-bond acceptors (Lipinski definition) is 3. The zero-order valence-corrected chi connectivity index (χ0v) is 8.46. The molecule has 0 aliphatic heterocycles. The van der Waals surface area contributed by atoms with Crippen molar-refractivity contribution < 1.29 is 4.79 Å². The molecule has 0 unspecified atom stereocenters. The van der Waals surface area contributed by atoms with Crippen molar-refractivity contribution >= 4 is 5.91 Å². The predicted octanol–water partition coefficient (Wildman–Crippen LogP) is -0.0774. The summed E-state index contributed by atoms with van der Waals surface area (Å²) in [5.74, 6) is 0.130. The predicted molar refractivity (Wildman–Crippen MR) is 54.2 cm³/mol. The van der Waals surface area contributed by atoms with Crippen LogP contribution in [0.25, 0.3) is 0 Å². The van der Waals surface area contributed by atoms with Crippen molar-refractivity contribution in [1.82, 2.24) is 4.90 Å². The minimum atomic E-state index is 0.130. The van der Waals surface area contributed by atoms with Crippen LogP contribution in [0.4, 0.5) is 0 Å². The molecule has 0 aliphatic rings. The van der Waals surface area contributed by atoms with Gasteiger partial charge in [-0.2, -0.15) is 0 Å². The van der Waals surface area contributed by atoms with E-state index in [0.717, 1.165) is 32.4 Å². The monoisotopic (exact) mass is 187 g/mol. The maximum atomic E-state index is 11.1. The molecular weight excluding hydrogens is 166 g/mol. The van der Waals surface area contributed by atoms with Gasteiger partial charge in [-0.3, -0.25) is 4.79 Å². The Morgan fingerprint density at radius 3 is 2.08 bits per heavy atom. The maximum absolute atomic E-state index is 11.1. The van der Waals surface area contributed by atoms with Gasteiger partial charge < -0.3 is 16.4 Å². The van der Waals surface area contributed by atoms with E-state index >= 15 is 0 Å². The molecule has 0 aromatic heterocycles. The number of amides is 1. The van der Waals surface area contributed by atoms with Gasteiger partial charge >= 0.3 is 0 Å². The molecule has 0 saturated carbocycles. The molecule has 0 aliphatic carbocycles. The second-order valence-corrected chi connectivity index (χ2v) is 3.14. The molecule has 0 radical (unpaired) electrons. The second-order valence-electron chi connectivity index (χ2n) is 3.14. The number of carbonyl (C=O) groups is 1. The van der Waals surface area contributed by atoms with Crippen LogP contribution in [0.5, 0.6) is 0 Å². The third-order valence-corrected chi connectivity index (χ3v) is 1.96. The van der Waals surface area contributed by atoms with E-state index in [1.54, 1.807) is 6.92 Å². The van der Waals surface area contributed by atoms with Crippen LogP contribution in [0.1, 0.15) is 26.2 Å². The standard InChI is InChI=1S/C9H21N3O/c1-9(13)12(8-4-6-11)7-3-2-5-10/h2-8,10-11H2,1H3. The summed E-state index contributed by atoms with van der Waals surface area (Å²) in [6, 6.07) is 0. The Morgan fingerprint density at radius 1 is 1.08 bits per heavy atom. The normalized spacial score (nSPS) is 10.1. The number of carbonyl (C=O) groups excluding carboxylic acids is 1. The van der Waals surface area contributed by atoms with E-state index < -0.39 is 0 Å². The topological polar surface area (TPSA) is 72.3 Å². The van der Waals surface area contributed by atoms with Crippen molar-refractivity contribution in [2.24, 2.45) is 11.5 Å². The first-order chi connectivity index (χ1) is 6.22. The lowest BCUT2D eigenvalue weighted by atomic mass is 10.2. The minimum Gasteiger partial charge on any atom is -0.343 e. The Morgan fingerprint density at radius 2 is 1.62 bits per heavy atom. The highest BCUT2D eigenvalue weighted by Crippen LogP contribution is 1.96. The second kappa shape index (κ2) is 8.01. The van der Waals surface area contributed by atoms with Crippen molar-refractivity contribution in [1.29, 1.82) is 0 Å². The van der Waals surface area contributed by atoms with Crippen LogP contribution in [0, 0.1) is 0 Å². The van der Waals surface area contributed by atoms with E-state index in [9.17, 15) is 4.79 Å². The molecule has 0 aromatic carbocycles. The summed E-state index contributed by atoms with van der Waals surface area (Å²) in [5.41, 5.74) is 10.7. The molecule has 4 nitrogen and oxygen atoms in total. The lowest BCUT2D eigenvalue weighted by Crippen LogP contribution is -2.32. The fourth-order valence-corrected chi connectivity index (χ4v) is 1.16. The van der Waals surface area contributed by atoms with Crippen LogP contribution in [0.15, 0.2) is 0 Å². The fraction of sp³-hybridized carbons (Fsp3) is 0.889. The SMILES string of the molecule is CC(=O)N(CCCN)CCCCN. The Bertz CT molecular complexity index is 139. The van der Waals surface area contributed by atoms with Gasteiger partial charge in [-0.15, -0.1) is 0 Å². The zero-order chi connectivity index (χ0) is 10.1. The molecule has 1 amide bonds. The zero-order valence-electron chi connectivity index (χ0n) is 8.46. The van der Waals surface area contributed by atoms with Gasteiger partial charge in [0.1, 0.15) is 0 Å². The van der Waals surface area contributed by atoms with Crippen molar-refractivity contribution in [3.05, 3.63) is 0 Å². The van der Waals surface area contributed by atoms with Gasteiger partial charge in [-0.05, 0) is 32.4 Å². The third kappa shape index (κ3) is 6.54. The number of nitrogens with zero attached hydrogens (tertiary/aromatic N) is 1. The van der Waals surface area contributed by atoms with Gasteiger partial charge in [0.25, 0.3) is 0 Å². The Labute approximate surface area is 80.3 Å². The van der Waals surface area contributed by atoms with Crippen molar-refractivity contribution in [2.45, 2.75) is 26.2 Å². The summed E-state index contributed by atoms with van der Waals surface area (Å²) in [6.07, 6.45) is 2.84. The highest BCUT2D eigenvalue weighted by Gasteiger charge is 2.06. The Hall–Kier alpha value is -0.610. The maximum Gasteiger partial charge on any atom is 0.219 e. The van der Waals surface area contributed by atoms with E-state index in [2.05, 4.69) is 0 Å². The van der Waals surface area contributed by atoms with Crippen LogP contribution < -0.4 is 11.5 Å². The van der Waals surface area contributed by atoms with Gasteiger partial charge in [-0.25, -0.2) is 0 Å². The highest BCUT2D eigenvalue weighted by atomic mass is 16.2. The number of unbranched alkanes of at least 4 members (excludes halogenated alkanes) is 1. The molecule has 4 heteroatoms. The molecule has 4 N–H and O–H groups in total. The van der Waals surface area contributed by atoms with Gasteiger partial charge in [0.2, 0.25) is 5.91 Å². The molecular formula is C9H21N3O. The largest absolute Gasteiger partial charge is 0.343 e. The first kappa shape index (κ1) is 12.4. The first-order valence-corrected chi connectivity index (χ1v) is 4.88. The molecule has 0 heterocycles. The van der Waals surface area contributed by atoms with Gasteiger partial charge in [-0.1, -0.05) is 0 Å². The molecule has 0 fully saturated rings. The fourth-order valence-electron chi connectivity index (χ4n) is 1.16. The summed E-state index contributed by atoms with van der Waals surface area (Å²) in [4.78, 5) is 12.9. The van der Waals surface area contributed by atoms with Crippen molar-refractivity contribution in [3.63, 3.8) is 0 Å². The lowest BCUT2D eigenvalue weighted by Gasteiger charge is -2.20. The van der Waals surface area contributed by atoms with Crippen LogP contribution >= 0.6 is 0 Å². The third-order valence-electron chi connectivity index (χ3n) is 1.96. The molecule has 0 atom stereocenters. The highest BCUT2D eigenvalue weighted by molar-refractivity contribution is 5.73. The molecule has 13 heavy (non-hydrogen) atoms. The molecule has 78 valence electrons. The van der Waals surface area contributed by atoms with Crippen molar-refractivity contribution in [2.75, 3.05) is 26.2 Å². The molecule has 0 spiro atoms. The number of hydrogen-bond donors (Lipinski definition) is 2. The van der Waals surface area contributed by atoms with E-state index in [1.807, 2.05) is 4.90 Å². The van der Waals surface area contributed by atoms with Gasteiger partial charge in [0, 0.05) is 20.0 Å². The lowest BCUT2D eigenvalue weighted by molar-refractivity contribution is -0.128. The summed E-state index contributed by atoms with van der Waals surface area (Å²) in [7, 11) is 0.